The van der Waals surface area contributed by atoms with Crippen LogP contribution < -0.4 is 10.6 Å². The number of phenols is 1. The number of hydrogen-bond acceptors (Lipinski definition) is 3. The third kappa shape index (κ3) is 1.96. The SMILES string of the molecule is CCCNc1ccc2c(c1O)CCC(=O)N2. The summed E-state index contributed by atoms with van der Waals surface area (Å²) < 4.78 is 0. The van der Waals surface area contributed by atoms with Crippen molar-refractivity contribution >= 4 is 17.3 Å². The number of carbonyl (C=O) groups excluding carboxylic acids is 1. The highest BCUT2D eigenvalue weighted by molar-refractivity contribution is 5.95. The van der Waals surface area contributed by atoms with Crippen molar-refractivity contribution in [2.45, 2.75) is 26.2 Å². The number of hydrogen-bond donors (Lipinski definition) is 3. The lowest BCUT2D eigenvalue weighted by molar-refractivity contribution is -0.116. The van der Waals surface area contributed by atoms with E-state index < -0.39 is 0 Å². The number of anilines is 2. The van der Waals surface area contributed by atoms with E-state index in [-0.39, 0.29) is 11.7 Å². The van der Waals surface area contributed by atoms with Gasteiger partial charge in [-0.1, -0.05) is 6.92 Å². The fourth-order valence-electron chi connectivity index (χ4n) is 1.86. The number of rotatable bonds is 3. The summed E-state index contributed by atoms with van der Waals surface area (Å²) in [6.45, 7) is 2.90. The van der Waals surface area contributed by atoms with Crippen molar-refractivity contribution in [2.24, 2.45) is 0 Å². The number of aromatic hydroxyl groups is 1. The van der Waals surface area contributed by atoms with Gasteiger partial charge in [-0.05, 0) is 25.0 Å². The second-order valence-electron chi connectivity index (χ2n) is 3.96. The summed E-state index contributed by atoms with van der Waals surface area (Å²) in [6, 6.07) is 3.64. The monoisotopic (exact) mass is 220 g/mol. The van der Waals surface area contributed by atoms with Crippen molar-refractivity contribution < 1.29 is 9.90 Å². The molecule has 0 saturated carbocycles. The highest BCUT2D eigenvalue weighted by atomic mass is 16.3. The molecule has 1 heterocycles. The standard InChI is InChI=1S/C12H16N2O2/c1-2-7-13-10-5-4-9-8(12(10)16)3-6-11(15)14-9/h4-5,13,16H,2-3,6-7H2,1H3,(H,14,15). The summed E-state index contributed by atoms with van der Waals surface area (Å²) in [7, 11) is 0. The minimum Gasteiger partial charge on any atom is -0.505 e. The summed E-state index contributed by atoms with van der Waals surface area (Å²) in [5.41, 5.74) is 2.31. The Bertz CT molecular complexity index is 416. The average molecular weight is 220 g/mol. The first-order valence-corrected chi connectivity index (χ1v) is 5.61. The fourth-order valence-corrected chi connectivity index (χ4v) is 1.86. The number of nitrogens with one attached hydrogen (secondary N) is 2. The first-order chi connectivity index (χ1) is 7.72. The van der Waals surface area contributed by atoms with E-state index in [9.17, 15) is 9.90 Å². The van der Waals surface area contributed by atoms with E-state index in [4.69, 9.17) is 0 Å². The van der Waals surface area contributed by atoms with Crippen LogP contribution in [0.5, 0.6) is 5.75 Å². The molecule has 0 radical (unpaired) electrons. The molecule has 0 aromatic heterocycles. The van der Waals surface area contributed by atoms with Crippen LogP contribution in [0.15, 0.2) is 12.1 Å². The van der Waals surface area contributed by atoms with Gasteiger partial charge in [0.15, 0.2) is 0 Å². The molecule has 0 fully saturated rings. The lowest BCUT2D eigenvalue weighted by Crippen LogP contribution is -2.19. The zero-order chi connectivity index (χ0) is 11.5. The molecule has 0 atom stereocenters. The van der Waals surface area contributed by atoms with Gasteiger partial charge in [0, 0.05) is 24.2 Å². The fraction of sp³-hybridized carbons (Fsp3) is 0.417. The highest BCUT2D eigenvalue weighted by Gasteiger charge is 2.19. The van der Waals surface area contributed by atoms with Gasteiger partial charge in [0.2, 0.25) is 5.91 Å². The maximum absolute atomic E-state index is 11.2. The Balaban J connectivity index is 2.29. The summed E-state index contributed by atoms with van der Waals surface area (Å²) in [4.78, 5) is 11.2. The molecule has 0 spiro atoms. The second kappa shape index (κ2) is 4.43. The van der Waals surface area contributed by atoms with Crippen molar-refractivity contribution in [1.82, 2.24) is 0 Å². The van der Waals surface area contributed by atoms with Crippen molar-refractivity contribution in [3.05, 3.63) is 17.7 Å². The molecule has 1 amide bonds. The molecule has 3 N–H and O–H groups in total. The zero-order valence-corrected chi connectivity index (χ0v) is 9.34. The Morgan fingerprint density at radius 2 is 2.25 bits per heavy atom. The van der Waals surface area contributed by atoms with Crippen molar-refractivity contribution in [3.63, 3.8) is 0 Å². The third-order valence-electron chi connectivity index (χ3n) is 2.72. The number of carbonyl (C=O) groups is 1. The van der Waals surface area contributed by atoms with E-state index in [1.165, 1.54) is 0 Å². The van der Waals surface area contributed by atoms with Gasteiger partial charge in [-0.3, -0.25) is 4.79 Å². The summed E-state index contributed by atoms with van der Waals surface area (Å²) >= 11 is 0. The number of amides is 1. The van der Waals surface area contributed by atoms with Crippen LogP contribution in [-0.4, -0.2) is 17.6 Å². The lowest BCUT2D eigenvalue weighted by Gasteiger charge is -2.20. The van der Waals surface area contributed by atoms with Gasteiger partial charge in [0.05, 0.1) is 5.69 Å². The quantitative estimate of drug-likeness (QED) is 0.683. The molecule has 2 rings (SSSR count). The Morgan fingerprint density at radius 1 is 1.44 bits per heavy atom. The van der Waals surface area contributed by atoms with Gasteiger partial charge in [-0.25, -0.2) is 0 Å². The van der Waals surface area contributed by atoms with Crippen LogP contribution in [0.25, 0.3) is 0 Å². The van der Waals surface area contributed by atoms with Crippen LogP contribution in [0, 0.1) is 0 Å². The lowest BCUT2D eigenvalue weighted by atomic mass is 10.0. The minimum atomic E-state index is 0.0150. The zero-order valence-electron chi connectivity index (χ0n) is 9.34. The largest absolute Gasteiger partial charge is 0.505 e. The average Bonchev–Trinajstić information content (AvgIpc) is 2.28. The predicted octanol–water partition coefficient (Wildman–Crippen LogP) is 2.10. The van der Waals surface area contributed by atoms with E-state index in [1.54, 1.807) is 6.07 Å². The van der Waals surface area contributed by atoms with Gasteiger partial charge in [-0.15, -0.1) is 0 Å². The molecule has 1 aromatic rings. The van der Waals surface area contributed by atoms with E-state index in [0.29, 0.717) is 12.8 Å². The summed E-state index contributed by atoms with van der Waals surface area (Å²) in [6.07, 6.45) is 2.06. The van der Waals surface area contributed by atoms with Crippen molar-refractivity contribution in [3.8, 4) is 5.75 Å². The van der Waals surface area contributed by atoms with Crippen LogP contribution in [0.4, 0.5) is 11.4 Å². The molecule has 0 unspecified atom stereocenters. The second-order valence-corrected chi connectivity index (χ2v) is 3.96. The van der Waals surface area contributed by atoms with Crippen LogP contribution >= 0.6 is 0 Å². The van der Waals surface area contributed by atoms with E-state index in [1.807, 2.05) is 6.07 Å². The maximum Gasteiger partial charge on any atom is 0.224 e. The smallest absolute Gasteiger partial charge is 0.224 e. The van der Waals surface area contributed by atoms with Crippen molar-refractivity contribution in [1.29, 1.82) is 0 Å². The normalized spacial score (nSPS) is 14.2. The van der Waals surface area contributed by atoms with Crippen LogP contribution in [-0.2, 0) is 11.2 Å². The van der Waals surface area contributed by atoms with Crippen LogP contribution in [0.2, 0.25) is 0 Å². The Labute approximate surface area is 94.7 Å². The highest BCUT2D eigenvalue weighted by Crippen LogP contribution is 2.36. The molecule has 16 heavy (non-hydrogen) atoms. The minimum absolute atomic E-state index is 0.0150. The topological polar surface area (TPSA) is 61.4 Å². The van der Waals surface area contributed by atoms with Gasteiger partial charge >= 0.3 is 0 Å². The summed E-state index contributed by atoms with van der Waals surface area (Å²) in [5, 5.41) is 16.0. The Hall–Kier alpha value is -1.71. The van der Waals surface area contributed by atoms with E-state index >= 15 is 0 Å². The van der Waals surface area contributed by atoms with Crippen molar-refractivity contribution in [2.75, 3.05) is 17.2 Å². The summed E-state index contributed by atoms with van der Waals surface area (Å²) in [5.74, 6) is 0.284. The molecule has 4 nitrogen and oxygen atoms in total. The van der Waals surface area contributed by atoms with Gasteiger partial charge in [-0.2, -0.15) is 0 Å². The van der Waals surface area contributed by atoms with E-state index in [0.717, 1.165) is 29.9 Å². The number of phenolic OH excluding ortho intramolecular Hbond substituents is 1. The van der Waals surface area contributed by atoms with Gasteiger partial charge in [0.1, 0.15) is 5.75 Å². The Kier molecular flexibility index (Phi) is 2.99. The maximum atomic E-state index is 11.2. The molecular weight excluding hydrogens is 204 g/mol. The predicted molar refractivity (Wildman–Crippen MR) is 63.8 cm³/mol. The van der Waals surface area contributed by atoms with E-state index in [2.05, 4.69) is 17.6 Å². The molecule has 86 valence electrons. The molecule has 4 heteroatoms. The first kappa shape index (κ1) is 10.8. The van der Waals surface area contributed by atoms with Crippen LogP contribution in [0.1, 0.15) is 25.3 Å². The molecule has 0 bridgehead atoms. The van der Waals surface area contributed by atoms with Gasteiger partial charge in [0.25, 0.3) is 0 Å². The first-order valence-electron chi connectivity index (χ1n) is 5.61. The van der Waals surface area contributed by atoms with Crippen LogP contribution in [0.3, 0.4) is 0 Å². The molecule has 1 aliphatic heterocycles. The van der Waals surface area contributed by atoms with Gasteiger partial charge < -0.3 is 15.7 Å². The number of benzene rings is 1. The molecular formula is C12H16N2O2. The Morgan fingerprint density at radius 3 is 3.00 bits per heavy atom. The molecule has 0 saturated heterocycles. The molecule has 1 aromatic carbocycles. The number of fused-ring (bicyclic) bond motifs is 1. The molecule has 0 aliphatic carbocycles. The molecule has 1 aliphatic rings. The third-order valence-corrected chi connectivity index (χ3v) is 2.72.